The fraction of sp³-hybridized carbons (Fsp3) is 0.0588. The molecule has 0 fully saturated rings. The summed E-state index contributed by atoms with van der Waals surface area (Å²) in [5.41, 5.74) is 4.32. The topological polar surface area (TPSA) is 110 Å². The normalized spacial score (nSPS) is 11.8. The molecule has 0 heterocycles. The number of aliphatic carboxylic acids is 1. The van der Waals surface area contributed by atoms with E-state index in [0.29, 0.717) is 12.1 Å². The zero-order valence-corrected chi connectivity index (χ0v) is 12.4. The summed E-state index contributed by atoms with van der Waals surface area (Å²) in [7, 11) is 0. The molecule has 7 heteroatoms. The van der Waals surface area contributed by atoms with Crippen LogP contribution in [0.25, 0.3) is 11.1 Å². The van der Waals surface area contributed by atoms with E-state index in [4.69, 9.17) is 5.11 Å². The van der Waals surface area contributed by atoms with Crippen LogP contribution in [-0.2, 0) is 16.0 Å². The van der Waals surface area contributed by atoms with Crippen LogP contribution in [0, 0.1) is 10.1 Å². The number of hydrogen-bond acceptors (Lipinski definition) is 4. The van der Waals surface area contributed by atoms with Crippen molar-refractivity contribution in [2.24, 2.45) is 0 Å². The van der Waals surface area contributed by atoms with Crippen LogP contribution < -0.4 is 5.32 Å². The van der Waals surface area contributed by atoms with E-state index in [9.17, 15) is 19.7 Å². The zero-order chi connectivity index (χ0) is 17.3. The Balaban J connectivity index is 1.83. The SMILES string of the molecule is O=C(O)C=CC(=O)Nc1ccc2c(c1)Cc1cc([N+](=O)[O-])ccc1-2. The molecule has 2 aromatic carbocycles. The molecule has 0 spiro atoms. The highest BCUT2D eigenvalue weighted by Gasteiger charge is 2.21. The number of nitro benzene ring substituents is 1. The zero-order valence-electron chi connectivity index (χ0n) is 12.4. The maximum atomic E-state index is 11.6. The molecule has 3 rings (SSSR count). The van der Waals surface area contributed by atoms with Gasteiger partial charge in [0, 0.05) is 30.0 Å². The molecule has 7 nitrogen and oxygen atoms in total. The van der Waals surface area contributed by atoms with Gasteiger partial charge < -0.3 is 10.4 Å². The molecule has 0 aromatic heterocycles. The number of carbonyl (C=O) groups excluding carboxylic acids is 1. The van der Waals surface area contributed by atoms with Crippen LogP contribution >= 0.6 is 0 Å². The van der Waals surface area contributed by atoms with Crippen molar-refractivity contribution in [1.29, 1.82) is 0 Å². The number of carbonyl (C=O) groups is 2. The number of nitrogens with zero attached hydrogens (tertiary/aromatic N) is 1. The summed E-state index contributed by atoms with van der Waals surface area (Å²) >= 11 is 0. The molecular weight excluding hydrogens is 312 g/mol. The number of nitro groups is 1. The Morgan fingerprint density at radius 2 is 1.75 bits per heavy atom. The van der Waals surface area contributed by atoms with Gasteiger partial charge in [0.15, 0.2) is 0 Å². The van der Waals surface area contributed by atoms with Gasteiger partial charge in [-0.2, -0.15) is 0 Å². The van der Waals surface area contributed by atoms with E-state index in [1.165, 1.54) is 6.07 Å². The maximum absolute atomic E-state index is 11.6. The van der Waals surface area contributed by atoms with Gasteiger partial charge in [-0.1, -0.05) is 6.07 Å². The van der Waals surface area contributed by atoms with E-state index in [-0.39, 0.29) is 5.69 Å². The Morgan fingerprint density at radius 3 is 2.42 bits per heavy atom. The van der Waals surface area contributed by atoms with Gasteiger partial charge in [-0.05, 0) is 46.9 Å². The molecule has 0 aliphatic heterocycles. The summed E-state index contributed by atoms with van der Waals surface area (Å²) in [6.07, 6.45) is 2.24. The largest absolute Gasteiger partial charge is 0.478 e. The summed E-state index contributed by atoms with van der Waals surface area (Å²) in [5.74, 6) is -1.74. The van der Waals surface area contributed by atoms with Gasteiger partial charge in [-0.25, -0.2) is 4.79 Å². The smallest absolute Gasteiger partial charge is 0.328 e. The Morgan fingerprint density at radius 1 is 1.08 bits per heavy atom. The first-order valence-electron chi connectivity index (χ1n) is 7.06. The first kappa shape index (κ1) is 15.4. The number of anilines is 1. The third kappa shape index (κ3) is 3.00. The van der Waals surface area contributed by atoms with Crippen molar-refractivity contribution < 1.29 is 19.6 Å². The van der Waals surface area contributed by atoms with Crippen LogP contribution in [0.1, 0.15) is 11.1 Å². The highest BCUT2D eigenvalue weighted by molar-refractivity contribution is 6.02. The molecule has 0 atom stereocenters. The third-order valence-corrected chi connectivity index (χ3v) is 3.72. The fourth-order valence-electron chi connectivity index (χ4n) is 2.72. The minimum atomic E-state index is -1.20. The maximum Gasteiger partial charge on any atom is 0.328 e. The van der Waals surface area contributed by atoms with Crippen molar-refractivity contribution in [2.75, 3.05) is 5.32 Å². The Hall–Kier alpha value is -3.48. The Kier molecular flexibility index (Phi) is 3.83. The van der Waals surface area contributed by atoms with Gasteiger partial charge in [0.1, 0.15) is 0 Å². The number of non-ortho nitro benzene ring substituents is 1. The van der Waals surface area contributed by atoms with Gasteiger partial charge in [0.25, 0.3) is 5.69 Å². The minimum Gasteiger partial charge on any atom is -0.478 e. The molecule has 1 amide bonds. The predicted octanol–water partition coefficient (Wildman–Crippen LogP) is 2.75. The third-order valence-electron chi connectivity index (χ3n) is 3.72. The molecule has 2 N–H and O–H groups in total. The second kappa shape index (κ2) is 5.96. The second-order valence-corrected chi connectivity index (χ2v) is 5.31. The summed E-state index contributed by atoms with van der Waals surface area (Å²) in [6.45, 7) is 0. The van der Waals surface area contributed by atoms with E-state index < -0.39 is 16.8 Å². The van der Waals surface area contributed by atoms with Gasteiger partial charge >= 0.3 is 5.97 Å². The first-order chi connectivity index (χ1) is 11.4. The van der Waals surface area contributed by atoms with Crippen molar-refractivity contribution in [2.45, 2.75) is 6.42 Å². The highest BCUT2D eigenvalue weighted by atomic mass is 16.6. The number of carboxylic acids is 1. The predicted molar refractivity (Wildman–Crippen MR) is 86.7 cm³/mol. The van der Waals surface area contributed by atoms with Gasteiger partial charge in [0.2, 0.25) is 5.91 Å². The van der Waals surface area contributed by atoms with Crippen LogP contribution in [0.4, 0.5) is 11.4 Å². The lowest BCUT2D eigenvalue weighted by Crippen LogP contribution is -2.08. The molecule has 0 saturated heterocycles. The summed E-state index contributed by atoms with van der Waals surface area (Å²) in [4.78, 5) is 32.5. The van der Waals surface area contributed by atoms with Crippen LogP contribution in [0.5, 0.6) is 0 Å². The average Bonchev–Trinajstić information content (AvgIpc) is 2.89. The molecule has 1 aliphatic rings. The highest BCUT2D eigenvalue weighted by Crippen LogP contribution is 2.39. The summed E-state index contributed by atoms with van der Waals surface area (Å²) in [5, 5.41) is 22.0. The molecule has 0 saturated carbocycles. The number of hydrogen-bond donors (Lipinski definition) is 2. The van der Waals surface area contributed by atoms with Crippen LogP contribution in [0.15, 0.2) is 48.6 Å². The summed E-state index contributed by atoms with van der Waals surface area (Å²) in [6, 6.07) is 10.1. The van der Waals surface area contributed by atoms with E-state index in [1.807, 2.05) is 6.07 Å². The van der Waals surface area contributed by atoms with E-state index in [0.717, 1.165) is 34.4 Å². The van der Waals surface area contributed by atoms with Crippen molar-refractivity contribution in [1.82, 2.24) is 0 Å². The number of benzene rings is 2. The van der Waals surface area contributed by atoms with Gasteiger partial charge in [-0.3, -0.25) is 14.9 Å². The fourth-order valence-corrected chi connectivity index (χ4v) is 2.72. The Bertz CT molecular complexity index is 902. The van der Waals surface area contributed by atoms with Crippen LogP contribution in [0.2, 0.25) is 0 Å². The monoisotopic (exact) mass is 324 g/mol. The van der Waals surface area contributed by atoms with Crippen molar-refractivity contribution in [3.05, 3.63) is 69.8 Å². The van der Waals surface area contributed by atoms with Gasteiger partial charge in [0.05, 0.1) is 4.92 Å². The Labute approximate surface area is 136 Å². The molecule has 0 bridgehead atoms. The molecule has 120 valence electrons. The van der Waals surface area contributed by atoms with E-state index in [2.05, 4.69) is 5.32 Å². The number of carboxylic acid groups (broad SMARTS) is 1. The average molecular weight is 324 g/mol. The lowest BCUT2D eigenvalue weighted by atomic mass is 10.1. The lowest BCUT2D eigenvalue weighted by molar-refractivity contribution is -0.384. The van der Waals surface area contributed by atoms with Gasteiger partial charge in [-0.15, -0.1) is 0 Å². The molecule has 0 radical (unpaired) electrons. The number of fused-ring (bicyclic) bond motifs is 3. The van der Waals surface area contributed by atoms with Crippen LogP contribution in [0.3, 0.4) is 0 Å². The molecule has 1 aliphatic carbocycles. The number of amides is 1. The lowest BCUT2D eigenvalue weighted by Gasteiger charge is -2.05. The van der Waals surface area contributed by atoms with Crippen LogP contribution in [-0.4, -0.2) is 21.9 Å². The standard InChI is InChI=1S/C17H12N2O5/c20-16(5-6-17(21)22)18-12-1-3-14-10(8-12)7-11-9-13(19(23)24)2-4-15(11)14/h1-6,8-9H,7H2,(H,18,20)(H,21,22). The minimum absolute atomic E-state index is 0.0499. The quantitative estimate of drug-likeness (QED) is 0.435. The molecule has 0 unspecified atom stereocenters. The van der Waals surface area contributed by atoms with Crippen molar-refractivity contribution >= 4 is 23.3 Å². The molecular formula is C17H12N2O5. The molecule has 24 heavy (non-hydrogen) atoms. The van der Waals surface area contributed by atoms with Crippen molar-refractivity contribution in [3.8, 4) is 11.1 Å². The molecule has 2 aromatic rings. The first-order valence-corrected chi connectivity index (χ1v) is 7.06. The van der Waals surface area contributed by atoms with E-state index >= 15 is 0 Å². The second-order valence-electron chi connectivity index (χ2n) is 5.31. The van der Waals surface area contributed by atoms with E-state index in [1.54, 1.807) is 24.3 Å². The number of nitrogens with one attached hydrogen (secondary N) is 1. The van der Waals surface area contributed by atoms with Crippen molar-refractivity contribution in [3.63, 3.8) is 0 Å². The summed E-state index contributed by atoms with van der Waals surface area (Å²) < 4.78 is 0. The number of rotatable bonds is 4.